The Morgan fingerprint density at radius 2 is 0.661 bits per heavy atom. The van der Waals surface area contributed by atoms with Crippen LogP contribution in [0.2, 0.25) is 0 Å². The van der Waals surface area contributed by atoms with Gasteiger partial charge in [-0.05, 0) is 24.3 Å². The van der Waals surface area contributed by atoms with E-state index in [1.807, 2.05) is 0 Å². The molecule has 0 N–H and O–H groups in total. The van der Waals surface area contributed by atoms with Crippen LogP contribution in [0.3, 0.4) is 0 Å². The van der Waals surface area contributed by atoms with Gasteiger partial charge in [-0.15, -0.1) is 0 Å². The number of halogens is 26. The summed E-state index contributed by atoms with van der Waals surface area (Å²) in [5.41, 5.74) is 0. The summed E-state index contributed by atoms with van der Waals surface area (Å²) in [5, 5.41) is -3.11. The number of hydrogen-bond donors (Lipinski definition) is 0. The first kappa shape index (κ1) is 52.9. The lowest BCUT2D eigenvalue weighted by Crippen LogP contribution is -2.69. The van der Waals surface area contributed by atoms with Crippen molar-refractivity contribution < 1.29 is 124 Å². The molecule has 0 bridgehead atoms. The van der Waals surface area contributed by atoms with Gasteiger partial charge in [0.1, 0.15) is 13.2 Å². The third kappa shape index (κ3) is 8.01. The Kier molecular flexibility index (Phi) is 14.4. The summed E-state index contributed by atoms with van der Waals surface area (Å²) in [5.74, 6) is -78.1. The van der Waals surface area contributed by atoms with Gasteiger partial charge in [0.25, 0.3) is 18.6 Å². The van der Waals surface area contributed by atoms with Crippen LogP contribution in [-0.4, -0.2) is 89.1 Å². The van der Waals surface area contributed by atoms with E-state index in [2.05, 4.69) is 9.05 Å². The van der Waals surface area contributed by atoms with Crippen LogP contribution < -0.4 is 10.6 Å². The van der Waals surface area contributed by atoms with Gasteiger partial charge in [0.2, 0.25) is 0 Å². The minimum Gasteiger partial charge on any atom is -0.316 e. The van der Waals surface area contributed by atoms with Crippen LogP contribution in [0.1, 0.15) is 0 Å². The van der Waals surface area contributed by atoms with Crippen molar-refractivity contribution in [2.75, 3.05) is 13.2 Å². The molecule has 0 aliphatic heterocycles. The average Bonchev–Trinajstić information content (AvgIpc) is 3.12. The molecule has 0 aromatic heterocycles. The van der Waals surface area contributed by atoms with Gasteiger partial charge in [-0.25, -0.2) is 17.6 Å². The zero-order valence-corrected chi connectivity index (χ0v) is 30.5. The lowest BCUT2D eigenvalue weighted by molar-refractivity contribution is -0.414. The van der Waals surface area contributed by atoms with Crippen LogP contribution in [-0.2, 0) is 18.2 Å². The number of hydrogen-bond acceptors (Lipinski definition) is 4. The fourth-order valence-corrected chi connectivity index (χ4v) is 11.3. The van der Waals surface area contributed by atoms with Crippen LogP contribution in [0.4, 0.5) is 105 Å². The third-order valence-electron chi connectivity index (χ3n) is 7.64. The molecule has 0 saturated heterocycles. The Morgan fingerprint density at radius 3 is 0.881 bits per heavy atom. The van der Waals surface area contributed by atoms with Gasteiger partial charge >= 0.3 is 72.1 Å². The highest BCUT2D eigenvalue weighted by molar-refractivity contribution is 7.90. The number of rotatable bonds is 20. The van der Waals surface area contributed by atoms with Crippen molar-refractivity contribution in [2.24, 2.45) is 0 Å². The fourth-order valence-electron chi connectivity index (χ4n) is 4.11. The topological polar surface area (TPSA) is 52.6 Å². The van der Waals surface area contributed by atoms with Gasteiger partial charge in [0.15, 0.2) is 0 Å². The third-order valence-corrected chi connectivity index (χ3v) is 16.2. The van der Waals surface area contributed by atoms with E-state index in [-0.39, 0.29) is 24.3 Å². The second-order valence-electron chi connectivity index (χ2n) is 11.5. The number of benzene rings is 2. The van der Waals surface area contributed by atoms with Crippen molar-refractivity contribution in [1.82, 2.24) is 0 Å². The van der Waals surface area contributed by atoms with Gasteiger partial charge in [-0.2, -0.15) is 87.8 Å². The van der Waals surface area contributed by atoms with Gasteiger partial charge in [0, 0.05) is 10.6 Å². The molecule has 0 radical (unpaired) electrons. The predicted molar refractivity (Wildman–Crippen MR) is 155 cm³/mol. The molecule has 2 rings (SSSR count). The monoisotopic (exact) mass is 992 g/mol. The van der Waals surface area contributed by atoms with Gasteiger partial charge in [-0.1, -0.05) is 59.6 Å². The Bertz CT molecular complexity index is 1730. The average molecular weight is 993 g/mol. The molecule has 4 nitrogen and oxygen atoms in total. The summed E-state index contributed by atoms with van der Waals surface area (Å²) < 4.78 is 363. The Balaban J connectivity index is 2.84. The summed E-state index contributed by atoms with van der Waals surface area (Å²) >= 11 is 11.7. The van der Waals surface area contributed by atoms with E-state index >= 15 is 0 Å². The van der Waals surface area contributed by atoms with Crippen molar-refractivity contribution in [3.63, 3.8) is 0 Å². The lowest BCUT2D eigenvalue weighted by atomic mass is 9.95. The highest BCUT2D eigenvalue weighted by atomic mass is 35.5. The van der Waals surface area contributed by atoms with Crippen LogP contribution >= 0.6 is 37.9 Å². The van der Waals surface area contributed by atoms with Crippen molar-refractivity contribution >= 4 is 48.5 Å². The van der Waals surface area contributed by atoms with E-state index in [0.29, 0.717) is 24.3 Å². The van der Waals surface area contributed by atoms with Crippen molar-refractivity contribution in [3.8, 4) is 0 Å². The fraction of sp³-hybridized carbons (Fsp3) is 0.556. The van der Waals surface area contributed by atoms with Crippen LogP contribution in [0.15, 0.2) is 60.7 Å². The van der Waals surface area contributed by atoms with E-state index in [0.717, 1.165) is 12.1 Å². The zero-order chi connectivity index (χ0) is 46.7. The predicted octanol–water partition coefficient (Wildman–Crippen LogP) is 12.2. The Labute approximate surface area is 322 Å². The summed E-state index contributed by atoms with van der Waals surface area (Å²) in [4.78, 5) is 0. The Hall–Kier alpha value is -2.28. The van der Waals surface area contributed by atoms with Crippen LogP contribution in [0, 0.1) is 0 Å². The molecule has 340 valence electrons. The van der Waals surface area contributed by atoms with Crippen molar-refractivity contribution in [2.45, 2.75) is 75.9 Å². The maximum absolute atomic E-state index is 14.8. The Morgan fingerprint density at radius 1 is 0.424 bits per heavy atom. The first-order valence-corrected chi connectivity index (χ1v) is 18.3. The molecular formula is C27H16Cl2F24O4P2. The summed E-state index contributed by atoms with van der Waals surface area (Å²) in [6.07, 6.45) is -11.9. The molecule has 32 heteroatoms. The van der Waals surface area contributed by atoms with Gasteiger partial charge in [-0.3, -0.25) is 9.13 Å². The van der Waals surface area contributed by atoms with E-state index in [1.165, 1.54) is 0 Å². The maximum Gasteiger partial charge on any atom is 0.384 e. The molecule has 59 heavy (non-hydrogen) atoms. The molecular weight excluding hydrogens is 977 g/mol. The largest absolute Gasteiger partial charge is 0.384 e. The summed E-state index contributed by atoms with van der Waals surface area (Å²) in [6.45, 7) is -7.75. The number of alkyl halides is 26. The normalized spacial score (nSPS) is 17.3. The molecule has 0 aliphatic carbocycles. The molecule has 0 heterocycles. The van der Waals surface area contributed by atoms with Gasteiger partial charge < -0.3 is 9.05 Å². The van der Waals surface area contributed by atoms with Gasteiger partial charge in [0.05, 0.1) is 0 Å². The highest BCUT2D eigenvalue weighted by Gasteiger charge is 2.89. The van der Waals surface area contributed by atoms with E-state index in [4.69, 9.17) is 23.2 Å². The minimum absolute atomic E-state index is 0.242. The quantitative estimate of drug-likeness (QED) is 0.0754. The molecule has 2 unspecified atom stereocenters. The summed E-state index contributed by atoms with van der Waals surface area (Å²) in [6, 6.07) is 5.00. The molecule has 0 aliphatic rings. The summed E-state index contributed by atoms with van der Waals surface area (Å²) in [7, 11) is -13.7. The molecule has 0 fully saturated rings. The molecule has 2 atom stereocenters. The molecule has 0 spiro atoms. The van der Waals surface area contributed by atoms with E-state index < -0.39 is 114 Å². The first-order chi connectivity index (χ1) is 26.0. The second kappa shape index (κ2) is 16.1. The van der Waals surface area contributed by atoms with E-state index in [9.17, 15) is 115 Å². The smallest absolute Gasteiger partial charge is 0.316 e. The van der Waals surface area contributed by atoms with Crippen molar-refractivity contribution in [3.05, 3.63) is 60.7 Å². The molecule has 2 aromatic rings. The lowest BCUT2D eigenvalue weighted by Gasteiger charge is -2.41. The first-order valence-electron chi connectivity index (χ1n) is 14.3. The van der Waals surface area contributed by atoms with Crippen molar-refractivity contribution in [1.29, 1.82) is 0 Å². The molecule has 2 aromatic carbocycles. The molecule has 0 amide bonds. The molecule has 0 saturated carbocycles. The maximum atomic E-state index is 14.8. The zero-order valence-electron chi connectivity index (χ0n) is 27.2. The minimum atomic E-state index is -8.25. The van der Waals surface area contributed by atoms with E-state index in [1.54, 1.807) is 0 Å². The van der Waals surface area contributed by atoms with Crippen LogP contribution in [0.25, 0.3) is 0 Å². The standard InChI is InChI=1S/C27H16Cl2F24O4P2/c28-27(29,58(54,13-7-3-1-4-8-13)56-11-17(34,35)21(42,43)25(50,51)23(46,47)19(38,39)15(30)31)59(55,14-9-5-2-6-10-14)57-12-18(36,37)22(44,45)26(52,53)24(48,49)20(40,41)16(32)33/h1-10,15-16H,11-12H2. The highest BCUT2D eigenvalue weighted by Crippen LogP contribution is 2.80. The SMILES string of the molecule is O=P(OCC(F)(F)C(F)(F)C(F)(F)C(F)(F)C(F)(F)C(F)F)(c1ccccc1)C(Cl)(Cl)P(=O)(OCC(F)(F)C(F)(F)C(F)(F)C(F)(F)C(F)(F)C(F)F)c1ccccc1. The second-order valence-corrected chi connectivity index (χ2v) is 19.4. The van der Waals surface area contributed by atoms with Crippen LogP contribution in [0.5, 0.6) is 0 Å².